The van der Waals surface area contributed by atoms with Gasteiger partial charge in [-0.25, -0.2) is 4.68 Å². The number of hydrogen-bond acceptors (Lipinski definition) is 4. The molecule has 1 N–H and O–H groups in total. The Hall–Kier alpha value is -1.69. The molecule has 1 aliphatic carbocycles. The highest BCUT2D eigenvalue weighted by atomic mass is 15.4. The largest absolute Gasteiger partial charge is 0.311 e. The molecule has 0 bridgehead atoms. The lowest BCUT2D eigenvalue weighted by Gasteiger charge is -1.98. The van der Waals surface area contributed by atoms with Crippen LogP contribution < -0.4 is 5.32 Å². The van der Waals surface area contributed by atoms with Crippen molar-refractivity contribution in [1.29, 1.82) is 0 Å². The first kappa shape index (κ1) is 11.4. The molecule has 0 aromatic carbocycles. The zero-order valence-electron chi connectivity index (χ0n) is 10.6. The van der Waals surface area contributed by atoms with E-state index >= 15 is 0 Å². The van der Waals surface area contributed by atoms with E-state index < -0.39 is 0 Å². The van der Waals surface area contributed by atoms with Crippen molar-refractivity contribution >= 4 is 0 Å². The van der Waals surface area contributed by atoms with Crippen molar-refractivity contribution in [2.45, 2.75) is 25.9 Å². The second kappa shape index (κ2) is 4.89. The first-order chi connectivity index (χ1) is 8.79. The summed E-state index contributed by atoms with van der Waals surface area (Å²) in [7, 11) is 1.91. The van der Waals surface area contributed by atoms with Crippen LogP contribution in [0.25, 0.3) is 0 Å². The minimum atomic E-state index is 0.677. The van der Waals surface area contributed by atoms with Gasteiger partial charge in [-0.05, 0) is 31.4 Å². The van der Waals surface area contributed by atoms with E-state index in [0.29, 0.717) is 6.54 Å². The molecule has 18 heavy (non-hydrogen) atoms. The average molecular weight is 246 g/mol. The van der Waals surface area contributed by atoms with Gasteiger partial charge in [0.2, 0.25) is 0 Å². The molecule has 1 aliphatic rings. The van der Waals surface area contributed by atoms with Crippen molar-refractivity contribution < 1.29 is 0 Å². The third kappa shape index (κ3) is 2.95. The van der Waals surface area contributed by atoms with E-state index in [0.717, 1.165) is 30.4 Å². The lowest BCUT2D eigenvalue weighted by molar-refractivity contribution is 0.620. The maximum atomic E-state index is 4.32. The Morgan fingerprint density at radius 1 is 1.39 bits per heavy atom. The Balaban J connectivity index is 1.52. The molecule has 0 spiro atoms. The molecule has 2 aromatic heterocycles. The summed E-state index contributed by atoms with van der Waals surface area (Å²) in [6.07, 6.45) is 6.66. The van der Waals surface area contributed by atoms with Crippen LogP contribution in [0.1, 0.15) is 24.2 Å². The van der Waals surface area contributed by atoms with Gasteiger partial charge in [0, 0.05) is 19.8 Å². The van der Waals surface area contributed by atoms with Crippen molar-refractivity contribution in [3.63, 3.8) is 0 Å². The van der Waals surface area contributed by atoms with Crippen LogP contribution >= 0.6 is 0 Å². The minimum absolute atomic E-state index is 0.677. The van der Waals surface area contributed by atoms with Crippen LogP contribution in [0.15, 0.2) is 18.5 Å². The molecular weight excluding hydrogens is 228 g/mol. The van der Waals surface area contributed by atoms with E-state index in [9.17, 15) is 0 Å². The monoisotopic (exact) mass is 246 g/mol. The van der Waals surface area contributed by atoms with Gasteiger partial charge in [-0.1, -0.05) is 5.21 Å². The fraction of sp³-hybridized carbons (Fsp3) is 0.583. The minimum Gasteiger partial charge on any atom is -0.311 e. The van der Waals surface area contributed by atoms with Crippen molar-refractivity contribution in [2.24, 2.45) is 13.0 Å². The molecule has 6 heteroatoms. The van der Waals surface area contributed by atoms with Crippen molar-refractivity contribution in [3.8, 4) is 0 Å². The number of aromatic nitrogens is 5. The van der Waals surface area contributed by atoms with E-state index in [2.05, 4.69) is 20.7 Å². The van der Waals surface area contributed by atoms with Gasteiger partial charge in [0.15, 0.2) is 0 Å². The number of rotatable bonds is 6. The van der Waals surface area contributed by atoms with Gasteiger partial charge in [0.25, 0.3) is 0 Å². The Kier molecular flexibility index (Phi) is 3.10. The summed E-state index contributed by atoms with van der Waals surface area (Å²) in [5, 5.41) is 16.0. The Morgan fingerprint density at radius 2 is 2.28 bits per heavy atom. The molecule has 1 fully saturated rings. The highest BCUT2D eigenvalue weighted by molar-refractivity contribution is 5.00. The maximum Gasteiger partial charge on any atom is 0.0964 e. The number of nitrogens with zero attached hydrogens (tertiary/aromatic N) is 5. The van der Waals surface area contributed by atoms with Crippen LogP contribution in [0.4, 0.5) is 0 Å². The molecule has 96 valence electrons. The zero-order chi connectivity index (χ0) is 12.4. The summed E-state index contributed by atoms with van der Waals surface area (Å²) in [6.45, 7) is 2.59. The van der Waals surface area contributed by atoms with Crippen molar-refractivity contribution in [1.82, 2.24) is 30.1 Å². The van der Waals surface area contributed by atoms with Gasteiger partial charge >= 0.3 is 0 Å². The Labute approximate surface area is 106 Å². The molecule has 0 saturated heterocycles. The molecule has 3 rings (SSSR count). The second-order valence-electron chi connectivity index (χ2n) is 4.96. The molecule has 0 atom stereocenters. The van der Waals surface area contributed by atoms with Crippen LogP contribution in [0.3, 0.4) is 0 Å². The van der Waals surface area contributed by atoms with Crippen molar-refractivity contribution in [2.75, 3.05) is 6.54 Å². The van der Waals surface area contributed by atoms with Gasteiger partial charge in [-0.3, -0.25) is 4.68 Å². The van der Waals surface area contributed by atoms with Gasteiger partial charge in [0.05, 0.1) is 24.1 Å². The quantitative estimate of drug-likeness (QED) is 0.809. The third-order valence-electron chi connectivity index (χ3n) is 3.11. The lowest BCUT2D eigenvalue weighted by Crippen LogP contribution is -2.16. The van der Waals surface area contributed by atoms with Gasteiger partial charge in [0.1, 0.15) is 0 Å². The normalized spacial score (nSPS) is 15.2. The molecule has 0 aliphatic heterocycles. The predicted octanol–water partition coefficient (Wildman–Crippen LogP) is 0.559. The molecule has 0 unspecified atom stereocenters. The van der Waals surface area contributed by atoms with Crippen LogP contribution in [-0.4, -0.2) is 31.3 Å². The van der Waals surface area contributed by atoms with Gasteiger partial charge < -0.3 is 5.32 Å². The molecule has 1 saturated carbocycles. The molecule has 0 radical (unpaired) electrons. The van der Waals surface area contributed by atoms with E-state index in [-0.39, 0.29) is 0 Å². The zero-order valence-corrected chi connectivity index (χ0v) is 10.6. The standard InChI is InChI=1S/C12H18N6/c1-17-5-4-11(15-17)8-18-9-12(14-16-18)7-13-6-10-2-3-10/h4-5,9-10,13H,2-3,6-8H2,1H3. The van der Waals surface area contributed by atoms with E-state index in [1.807, 2.05) is 30.2 Å². The molecular formula is C12H18N6. The third-order valence-corrected chi connectivity index (χ3v) is 3.11. The second-order valence-corrected chi connectivity index (χ2v) is 4.96. The smallest absolute Gasteiger partial charge is 0.0964 e. The highest BCUT2D eigenvalue weighted by Crippen LogP contribution is 2.27. The van der Waals surface area contributed by atoms with Crippen LogP contribution in [0.5, 0.6) is 0 Å². The summed E-state index contributed by atoms with van der Waals surface area (Å²) in [4.78, 5) is 0. The average Bonchev–Trinajstić information content (AvgIpc) is 2.92. The molecule has 2 aromatic rings. The summed E-state index contributed by atoms with van der Waals surface area (Å²) < 4.78 is 3.63. The van der Waals surface area contributed by atoms with Crippen LogP contribution in [-0.2, 0) is 20.1 Å². The molecule has 6 nitrogen and oxygen atoms in total. The summed E-state index contributed by atoms with van der Waals surface area (Å²) in [5.74, 6) is 0.897. The lowest BCUT2D eigenvalue weighted by atomic mass is 10.4. The topological polar surface area (TPSA) is 60.6 Å². The summed E-state index contributed by atoms with van der Waals surface area (Å²) in [6, 6.07) is 1.99. The number of nitrogens with one attached hydrogen (secondary N) is 1. The van der Waals surface area contributed by atoms with E-state index in [1.54, 1.807) is 4.68 Å². The van der Waals surface area contributed by atoms with E-state index in [4.69, 9.17) is 0 Å². The summed E-state index contributed by atoms with van der Waals surface area (Å²) in [5.41, 5.74) is 1.99. The highest BCUT2D eigenvalue weighted by Gasteiger charge is 2.20. The fourth-order valence-electron chi connectivity index (χ4n) is 1.94. The van der Waals surface area contributed by atoms with E-state index in [1.165, 1.54) is 12.8 Å². The molecule has 0 amide bonds. The van der Waals surface area contributed by atoms with Crippen molar-refractivity contribution in [3.05, 3.63) is 29.8 Å². The number of hydrogen-bond donors (Lipinski definition) is 1. The Morgan fingerprint density at radius 3 is 3.00 bits per heavy atom. The van der Waals surface area contributed by atoms with Gasteiger partial charge in [-0.15, -0.1) is 5.10 Å². The first-order valence-corrected chi connectivity index (χ1v) is 6.38. The van der Waals surface area contributed by atoms with Crippen LogP contribution in [0.2, 0.25) is 0 Å². The SMILES string of the molecule is Cn1ccc(Cn2cc(CNCC3CC3)nn2)n1. The first-order valence-electron chi connectivity index (χ1n) is 6.38. The van der Waals surface area contributed by atoms with Crippen LogP contribution in [0, 0.1) is 5.92 Å². The predicted molar refractivity (Wildman–Crippen MR) is 66.8 cm³/mol. The summed E-state index contributed by atoms with van der Waals surface area (Å²) >= 11 is 0. The van der Waals surface area contributed by atoms with Gasteiger partial charge in [-0.2, -0.15) is 5.10 Å². The maximum absolute atomic E-state index is 4.32. The number of aryl methyl sites for hydroxylation is 1. The Bertz CT molecular complexity index is 510. The molecule has 2 heterocycles. The fourth-order valence-corrected chi connectivity index (χ4v) is 1.94.